The lowest BCUT2D eigenvalue weighted by Crippen LogP contribution is -2.20. The van der Waals surface area contributed by atoms with Crippen LogP contribution in [0.3, 0.4) is 0 Å². The second-order valence-electron chi connectivity index (χ2n) is 7.92. The molecule has 0 radical (unpaired) electrons. The number of nitrogens with one attached hydrogen (secondary N) is 2. The van der Waals surface area contributed by atoms with Gasteiger partial charge in [0.25, 0.3) is 5.95 Å². The molecule has 4 rings (SSSR count). The van der Waals surface area contributed by atoms with Gasteiger partial charge in [0, 0.05) is 17.1 Å². The van der Waals surface area contributed by atoms with Crippen LogP contribution in [0.15, 0.2) is 54.6 Å². The molecule has 7 heteroatoms. The highest BCUT2D eigenvalue weighted by Gasteiger charge is 2.26. The summed E-state index contributed by atoms with van der Waals surface area (Å²) in [5.41, 5.74) is 4.18. The number of halogens is 1. The molecule has 0 spiro atoms. The van der Waals surface area contributed by atoms with Gasteiger partial charge in [0.05, 0.1) is 0 Å². The Morgan fingerprint density at radius 1 is 1.17 bits per heavy atom. The van der Waals surface area contributed by atoms with Gasteiger partial charge in [0.15, 0.2) is 0 Å². The molecule has 1 amide bonds. The fourth-order valence-corrected chi connectivity index (χ4v) is 3.52. The first-order chi connectivity index (χ1) is 14.4. The SMILES string of the molecule is Cc1ccc(C2C=C(c3ccc(Cl)cc3)Nc3nc(NC(=O)CC(C)C)nn32)cc1. The van der Waals surface area contributed by atoms with Crippen LogP contribution in [0.4, 0.5) is 11.9 Å². The van der Waals surface area contributed by atoms with Crippen LogP contribution < -0.4 is 10.6 Å². The van der Waals surface area contributed by atoms with Crippen molar-refractivity contribution in [3.63, 3.8) is 0 Å². The Kier molecular flexibility index (Phi) is 5.59. The number of aryl methyl sites for hydroxylation is 1. The van der Waals surface area contributed by atoms with E-state index in [0.717, 1.165) is 16.8 Å². The molecule has 2 aromatic carbocycles. The smallest absolute Gasteiger partial charge is 0.250 e. The molecule has 1 aliphatic rings. The number of amides is 1. The van der Waals surface area contributed by atoms with Gasteiger partial charge in [0.2, 0.25) is 11.9 Å². The van der Waals surface area contributed by atoms with E-state index in [-0.39, 0.29) is 17.9 Å². The van der Waals surface area contributed by atoms with Gasteiger partial charge in [-0.15, -0.1) is 5.10 Å². The van der Waals surface area contributed by atoms with Gasteiger partial charge in [-0.3, -0.25) is 10.1 Å². The van der Waals surface area contributed by atoms with Crippen LogP contribution in [0.2, 0.25) is 5.02 Å². The highest BCUT2D eigenvalue weighted by Crippen LogP contribution is 2.33. The van der Waals surface area contributed by atoms with Gasteiger partial charge in [-0.2, -0.15) is 4.98 Å². The third-order valence-corrected chi connectivity index (χ3v) is 5.14. The summed E-state index contributed by atoms with van der Waals surface area (Å²) in [5.74, 6) is 1.04. The Balaban J connectivity index is 1.71. The van der Waals surface area contributed by atoms with E-state index in [0.29, 0.717) is 23.3 Å². The van der Waals surface area contributed by atoms with E-state index in [9.17, 15) is 4.79 Å². The lowest BCUT2D eigenvalue weighted by atomic mass is 10.0. The van der Waals surface area contributed by atoms with Gasteiger partial charge in [0.1, 0.15) is 6.04 Å². The van der Waals surface area contributed by atoms with E-state index < -0.39 is 0 Å². The fourth-order valence-electron chi connectivity index (χ4n) is 3.39. The molecule has 0 fully saturated rings. The number of rotatable bonds is 5. The molecule has 6 nitrogen and oxygen atoms in total. The molecule has 0 bridgehead atoms. The van der Waals surface area contributed by atoms with Crippen LogP contribution in [-0.4, -0.2) is 20.7 Å². The Morgan fingerprint density at radius 3 is 2.53 bits per heavy atom. The van der Waals surface area contributed by atoms with Crippen molar-refractivity contribution in [3.05, 3.63) is 76.3 Å². The van der Waals surface area contributed by atoms with E-state index in [4.69, 9.17) is 11.6 Å². The quantitative estimate of drug-likeness (QED) is 0.587. The zero-order chi connectivity index (χ0) is 21.3. The normalized spacial score (nSPS) is 15.4. The number of fused-ring (bicyclic) bond motifs is 1. The molecule has 0 aliphatic carbocycles. The minimum absolute atomic E-state index is 0.0919. The van der Waals surface area contributed by atoms with Gasteiger partial charge in [-0.05, 0) is 42.2 Å². The summed E-state index contributed by atoms with van der Waals surface area (Å²) in [5, 5.41) is 11.4. The standard InChI is InChI=1S/C23H24ClN5O/c1-14(2)12-21(30)26-22-27-23-25-19(16-8-10-18(24)11-9-16)13-20(29(23)28-22)17-6-4-15(3)5-7-17/h4-11,13-14,20H,12H2,1-3H3,(H2,25,26,27,28,30). The van der Waals surface area contributed by atoms with Crippen LogP contribution in [0, 0.1) is 12.8 Å². The van der Waals surface area contributed by atoms with Crippen molar-refractivity contribution < 1.29 is 4.79 Å². The minimum atomic E-state index is -0.157. The van der Waals surface area contributed by atoms with Crippen LogP contribution in [-0.2, 0) is 4.79 Å². The molecule has 2 heterocycles. The molecule has 1 aromatic heterocycles. The highest BCUT2D eigenvalue weighted by molar-refractivity contribution is 6.30. The topological polar surface area (TPSA) is 71.8 Å². The predicted octanol–water partition coefficient (Wildman–Crippen LogP) is 5.28. The largest absolute Gasteiger partial charge is 0.324 e. The molecule has 30 heavy (non-hydrogen) atoms. The zero-order valence-electron chi connectivity index (χ0n) is 17.2. The summed E-state index contributed by atoms with van der Waals surface area (Å²) in [6.07, 6.45) is 2.53. The molecule has 1 aliphatic heterocycles. The maximum absolute atomic E-state index is 12.2. The van der Waals surface area contributed by atoms with Crippen molar-refractivity contribution in [1.29, 1.82) is 0 Å². The maximum Gasteiger partial charge on any atom is 0.250 e. The Hall–Kier alpha value is -3.12. The molecule has 0 saturated carbocycles. The van der Waals surface area contributed by atoms with Crippen LogP contribution >= 0.6 is 11.6 Å². The van der Waals surface area contributed by atoms with E-state index in [1.54, 1.807) is 4.68 Å². The third-order valence-electron chi connectivity index (χ3n) is 4.88. The molecule has 3 aromatic rings. The Morgan fingerprint density at radius 2 is 1.87 bits per heavy atom. The maximum atomic E-state index is 12.2. The number of nitrogens with zero attached hydrogens (tertiary/aromatic N) is 3. The van der Waals surface area contributed by atoms with Gasteiger partial charge >= 0.3 is 0 Å². The van der Waals surface area contributed by atoms with Gasteiger partial charge in [-0.1, -0.05) is 67.4 Å². The average molecular weight is 422 g/mol. The average Bonchev–Trinajstić information content (AvgIpc) is 3.10. The number of carbonyl (C=O) groups is 1. The highest BCUT2D eigenvalue weighted by atomic mass is 35.5. The van der Waals surface area contributed by atoms with E-state index >= 15 is 0 Å². The van der Waals surface area contributed by atoms with Crippen LogP contribution in [0.5, 0.6) is 0 Å². The summed E-state index contributed by atoms with van der Waals surface area (Å²) in [6, 6.07) is 15.8. The molecule has 2 N–H and O–H groups in total. The first-order valence-electron chi connectivity index (χ1n) is 9.97. The van der Waals surface area contributed by atoms with Crippen molar-refractivity contribution in [2.75, 3.05) is 10.6 Å². The van der Waals surface area contributed by atoms with Crippen LogP contribution in [0.25, 0.3) is 5.70 Å². The van der Waals surface area contributed by atoms with Crippen molar-refractivity contribution >= 4 is 35.1 Å². The van der Waals surface area contributed by atoms with Gasteiger partial charge < -0.3 is 5.32 Å². The first kappa shape index (κ1) is 20.2. The number of allylic oxidation sites excluding steroid dienone is 1. The lowest BCUT2D eigenvalue weighted by molar-refractivity contribution is -0.116. The van der Waals surface area contributed by atoms with Crippen molar-refractivity contribution in [2.24, 2.45) is 5.92 Å². The molecule has 1 unspecified atom stereocenters. The molecule has 154 valence electrons. The molecular formula is C23H24ClN5O. The van der Waals surface area contributed by atoms with E-state index in [1.165, 1.54) is 5.56 Å². The second kappa shape index (κ2) is 8.32. The predicted molar refractivity (Wildman–Crippen MR) is 120 cm³/mol. The number of hydrogen-bond donors (Lipinski definition) is 2. The number of carbonyl (C=O) groups excluding carboxylic acids is 1. The van der Waals surface area contributed by atoms with Crippen molar-refractivity contribution in [3.8, 4) is 0 Å². The first-order valence-corrected chi connectivity index (χ1v) is 10.3. The molecule has 0 saturated heterocycles. The Labute approximate surface area is 181 Å². The minimum Gasteiger partial charge on any atom is -0.324 e. The second-order valence-corrected chi connectivity index (χ2v) is 8.35. The monoisotopic (exact) mass is 421 g/mol. The summed E-state index contributed by atoms with van der Waals surface area (Å²) >= 11 is 6.05. The summed E-state index contributed by atoms with van der Waals surface area (Å²) in [7, 11) is 0. The van der Waals surface area contributed by atoms with Gasteiger partial charge in [-0.25, -0.2) is 4.68 Å². The van der Waals surface area contributed by atoms with E-state index in [2.05, 4.69) is 58.0 Å². The fraction of sp³-hybridized carbons (Fsp3) is 0.261. The van der Waals surface area contributed by atoms with Crippen LogP contribution in [0.1, 0.15) is 43.0 Å². The number of benzene rings is 2. The summed E-state index contributed by atoms with van der Waals surface area (Å²) < 4.78 is 1.80. The molecule has 1 atom stereocenters. The van der Waals surface area contributed by atoms with Crippen molar-refractivity contribution in [1.82, 2.24) is 14.8 Å². The third kappa shape index (κ3) is 4.39. The Bertz CT molecular complexity index is 1080. The summed E-state index contributed by atoms with van der Waals surface area (Å²) in [4.78, 5) is 16.7. The number of anilines is 2. The lowest BCUT2D eigenvalue weighted by Gasteiger charge is -2.24. The van der Waals surface area contributed by atoms with Crippen molar-refractivity contribution in [2.45, 2.75) is 33.2 Å². The van der Waals surface area contributed by atoms with E-state index in [1.807, 2.05) is 38.1 Å². The number of aromatic nitrogens is 3. The number of hydrogen-bond acceptors (Lipinski definition) is 4. The molecular weight excluding hydrogens is 398 g/mol. The zero-order valence-corrected chi connectivity index (χ0v) is 17.9. The summed E-state index contributed by atoms with van der Waals surface area (Å²) in [6.45, 7) is 6.06.